The molecular formula is C20H20N6O2. The SMILES string of the molecule is Cc1cccc(-n2nnn(C)c2=O)c1COc1cccc(-c2ccnn2C)c1. The lowest BCUT2D eigenvalue weighted by molar-refractivity contribution is 0.305. The summed E-state index contributed by atoms with van der Waals surface area (Å²) >= 11 is 0. The Morgan fingerprint density at radius 1 is 1.00 bits per heavy atom. The van der Waals surface area contributed by atoms with Crippen LogP contribution in [-0.4, -0.2) is 29.6 Å². The minimum atomic E-state index is -0.301. The van der Waals surface area contributed by atoms with Gasteiger partial charge in [-0.25, -0.2) is 4.79 Å². The van der Waals surface area contributed by atoms with Crippen molar-refractivity contribution in [2.24, 2.45) is 14.1 Å². The number of hydrogen-bond acceptors (Lipinski definition) is 5. The predicted octanol–water partition coefficient (Wildman–Crippen LogP) is 2.25. The first kappa shape index (κ1) is 17.7. The Morgan fingerprint density at radius 2 is 1.82 bits per heavy atom. The molecule has 0 atom stereocenters. The predicted molar refractivity (Wildman–Crippen MR) is 104 cm³/mol. The van der Waals surface area contributed by atoms with E-state index in [0.29, 0.717) is 12.3 Å². The third-order valence-electron chi connectivity index (χ3n) is 4.67. The number of aryl methyl sites for hydroxylation is 3. The summed E-state index contributed by atoms with van der Waals surface area (Å²) in [6.07, 6.45) is 1.76. The molecule has 8 nitrogen and oxygen atoms in total. The van der Waals surface area contributed by atoms with E-state index in [1.165, 1.54) is 9.36 Å². The van der Waals surface area contributed by atoms with Gasteiger partial charge in [-0.2, -0.15) is 14.5 Å². The van der Waals surface area contributed by atoms with Crippen LogP contribution in [0, 0.1) is 6.92 Å². The summed E-state index contributed by atoms with van der Waals surface area (Å²) in [5.41, 5.74) is 4.29. The van der Waals surface area contributed by atoms with Crippen molar-refractivity contribution in [1.82, 2.24) is 29.6 Å². The quantitative estimate of drug-likeness (QED) is 0.534. The molecule has 0 saturated heterocycles. The van der Waals surface area contributed by atoms with Gasteiger partial charge in [0.2, 0.25) is 0 Å². The Balaban J connectivity index is 1.64. The van der Waals surface area contributed by atoms with Crippen molar-refractivity contribution in [1.29, 1.82) is 0 Å². The minimum absolute atomic E-state index is 0.301. The van der Waals surface area contributed by atoms with Crippen LogP contribution in [0.1, 0.15) is 11.1 Å². The third-order valence-corrected chi connectivity index (χ3v) is 4.67. The lowest BCUT2D eigenvalue weighted by Crippen LogP contribution is -2.23. The van der Waals surface area contributed by atoms with Gasteiger partial charge in [-0.3, -0.25) is 4.68 Å². The highest BCUT2D eigenvalue weighted by Gasteiger charge is 2.14. The summed E-state index contributed by atoms with van der Waals surface area (Å²) in [6.45, 7) is 2.29. The maximum absolute atomic E-state index is 12.3. The van der Waals surface area contributed by atoms with Crippen LogP contribution in [0.15, 0.2) is 59.5 Å². The molecule has 0 aliphatic carbocycles. The zero-order valence-electron chi connectivity index (χ0n) is 15.9. The molecule has 8 heteroatoms. The Bertz CT molecular complexity index is 1190. The summed E-state index contributed by atoms with van der Waals surface area (Å²) < 4.78 is 10.4. The fourth-order valence-electron chi connectivity index (χ4n) is 3.10. The highest BCUT2D eigenvalue weighted by atomic mass is 16.5. The van der Waals surface area contributed by atoms with E-state index in [1.807, 2.05) is 67.2 Å². The lowest BCUT2D eigenvalue weighted by atomic mass is 10.1. The number of rotatable bonds is 5. The molecular weight excluding hydrogens is 356 g/mol. The highest BCUT2D eigenvalue weighted by molar-refractivity contribution is 5.61. The first-order valence-corrected chi connectivity index (χ1v) is 8.83. The van der Waals surface area contributed by atoms with Crippen molar-refractivity contribution in [3.05, 3.63) is 76.3 Å². The molecule has 4 aromatic rings. The average Bonchev–Trinajstić information content (AvgIpc) is 3.27. The molecule has 28 heavy (non-hydrogen) atoms. The summed E-state index contributed by atoms with van der Waals surface area (Å²) in [4.78, 5) is 12.3. The molecule has 0 radical (unpaired) electrons. The van der Waals surface area contributed by atoms with Gasteiger partial charge in [0, 0.05) is 31.4 Å². The van der Waals surface area contributed by atoms with Gasteiger partial charge in [0.25, 0.3) is 0 Å². The smallest absolute Gasteiger partial charge is 0.368 e. The number of ether oxygens (including phenoxy) is 1. The van der Waals surface area contributed by atoms with Crippen LogP contribution in [0.3, 0.4) is 0 Å². The molecule has 0 bridgehead atoms. The highest BCUT2D eigenvalue weighted by Crippen LogP contribution is 2.25. The van der Waals surface area contributed by atoms with Crippen LogP contribution >= 0.6 is 0 Å². The Morgan fingerprint density at radius 3 is 2.54 bits per heavy atom. The van der Waals surface area contributed by atoms with Crippen LogP contribution in [0.4, 0.5) is 0 Å². The topological polar surface area (TPSA) is 79.8 Å². The van der Waals surface area contributed by atoms with Crippen LogP contribution < -0.4 is 10.4 Å². The van der Waals surface area contributed by atoms with E-state index >= 15 is 0 Å². The van der Waals surface area contributed by atoms with Crippen LogP contribution in [0.25, 0.3) is 16.9 Å². The first-order chi connectivity index (χ1) is 13.5. The second kappa shape index (κ2) is 7.15. The van der Waals surface area contributed by atoms with Gasteiger partial charge < -0.3 is 4.74 Å². The second-order valence-corrected chi connectivity index (χ2v) is 6.53. The summed E-state index contributed by atoms with van der Waals surface area (Å²) in [5, 5.41) is 12.0. The van der Waals surface area contributed by atoms with Crippen molar-refractivity contribution in [3.8, 4) is 22.7 Å². The number of hydrogen-bond donors (Lipinski definition) is 0. The number of nitrogens with zero attached hydrogens (tertiary/aromatic N) is 6. The van der Waals surface area contributed by atoms with Crippen molar-refractivity contribution in [3.63, 3.8) is 0 Å². The van der Waals surface area contributed by atoms with Crippen LogP contribution in [0.2, 0.25) is 0 Å². The molecule has 0 N–H and O–H groups in total. The summed E-state index contributed by atoms with van der Waals surface area (Å²) in [6, 6.07) is 15.5. The van der Waals surface area contributed by atoms with E-state index in [4.69, 9.17) is 4.74 Å². The van der Waals surface area contributed by atoms with Crippen LogP contribution in [-0.2, 0) is 20.7 Å². The fraction of sp³-hybridized carbons (Fsp3) is 0.200. The summed E-state index contributed by atoms with van der Waals surface area (Å²) in [7, 11) is 3.48. The van der Waals surface area contributed by atoms with Crippen LogP contribution in [0.5, 0.6) is 5.75 Å². The van der Waals surface area contributed by atoms with Crippen molar-refractivity contribution >= 4 is 0 Å². The van der Waals surface area contributed by atoms with E-state index in [0.717, 1.165) is 28.1 Å². The maximum Gasteiger partial charge on any atom is 0.368 e. The van der Waals surface area contributed by atoms with E-state index < -0.39 is 0 Å². The fourth-order valence-corrected chi connectivity index (χ4v) is 3.10. The average molecular weight is 376 g/mol. The monoisotopic (exact) mass is 376 g/mol. The van der Waals surface area contributed by atoms with Gasteiger partial charge in [-0.15, -0.1) is 0 Å². The molecule has 2 aromatic carbocycles. The Hall–Kier alpha value is -3.68. The van der Waals surface area contributed by atoms with Gasteiger partial charge in [-0.05, 0) is 47.2 Å². The molecule has 0 unspecified atom stereocenters. The first-order valence-electron chi connectivity index (χ1n) is 8.83. The number of aromatic nitrogens is 6. The molecule has 0 fully saturated rings. The zero-order valence-corrected chi connectivity index (χ0v) is 15.9. The van der Waals surface area contributed by atoms with Crippen molar-refractivity contribution in [2.45, 2.75) is 13.5 Å². The van der Waals surface area contributed by atoms with E-state index in [1.54, 1.807) is 13.2 Å². The summed E-state index contributed by atoms with van der Waals surface area (Å²) in [5.74, 6) is 0.736. The molecule has 0 saturated carbocycles. The zero-order chi connectivity index (χ0) is 19.7. The van der Waals surface area contributed by atoms with Gasteiger partial charge in [0.1, 0.15) is 12.4 Å². The molecule has 0 amide bonds. The Kier molecular flexibility index (Phi) is 4.52. The van der Waals surface area contributed by atoms with Crippen molar-refractivity contribution in [2.75, 3.05) is 0 Å². The maximum atomic E-state index is 12.3. The van der Waals surface area contributed by atoms with E-state index in [9.17, 15) is 4.79 Å². The minimum Gasteiger partial charge on any atom is -0.489 e. The largest absolute Gasteiger partial charge is 0.489 e. The number of benzene rings is 2. The van der Waals surface area contributed by atoms with Gasteiger partial charge >= 0.3 is 5.69 Å². The second-order valence-electron chi connectivity index (χ2n) is 6.53. The van der Waals surface area contributed by atoms with Crippen molar-refractivity contribution < 1.29 is 4.74 Å². The molecule has 0 aliphatic heterocycles. The molecule has 142 valence electrons. The van der Waals surface area contributed by atoms with Gasteiger partial charge in [0.15, 0.2) is 0 Å². The molecule has 2 heterocycles. The lowest BCUT2D eigenvalue weighted by Gasteiger charge is -2.13. The normalized spacial score (nSPS) is 11.0. The number of tetrazole rings is 1. The van der Waals surface area contributed by atoms with Gasteiger partial charge in [-0.1, -0.05) is 24.3 Å². The molecule has 4 rings (SSSR count). The van der Waals surface area contributed by atoms with E-state index in [2.05, 4.69) is 15.5 Å². The third kappa shape index (κ3) is 3.20. The van der Waals surface area contributed by atoms with Gasteiger partial charge in [0.05, 0.1) is 11.4 Å². The standard InChI is InChI=1S/C20H20N6O2/c1-14-6-4-9-19(26-20(27)25(3)22-23-26)17(14)13-28-16-8-5-7-15(12-16)18-10-11-21-24(18)2/h4-12H,13H2,1-3H3. The molecule has 0 aliphatic rings. The molecule has 2 aromatic heterocycles. The van der Waals surface area contributed by atoms with E-state index in [-0.39, 0.29) is 5.69 Å². The molecule has 0 spiro atoms. The Labute approximate surface area is 161 Å².